The highest BCUT2D eigenvalue weighted by Gasteiger charge is 2.58. The van der Waals surface area contributed by atoms with Gasteiger partial charge in [0, 0.05) is 17.5 Å². The van der Waals surface area contributed by atoms with Crippen LogP contribution < -0.4 is 5.32 Å². The third kappa shape index (κ3) is 2.75. The van der Waals surface area contributed by atoms with Gasteiger partial charge in [0.15, 0.2) is 5.82 Å². The second-order valence-electron chi connectivity index (χ2n) is 5.96. The minimum absolute atomic E-state index is 0.102. The van der Waals surface area contributed by atoms with Gasteiger partial charge < -0.3 is 5.32 Å². The molecule has 2 N–H and O–H groups in total. The molecule has 0 aliphatic carbocycles. The van der Waals surface area contributed by atoms with E-state index in [9.17, 15) is 31.1 Å². The van der Waals surface area contributed by atoms with E-state index >= 15 is 0 Å². The van der Waals surface area contributed by atoms with Gasteiger partial charge in [0.2, 0.25) is 5.91 Å². The molecule has 4 nitrogen and oxygen atoms in total. The number of carbonyl (C=O) groups excluding carboxylic acids is 1. The summed E-state index contributed by atoms with van der Waals surface area (Å²) in [6.45, 7) is 0.831. The van der Waals surface area contributed by atoms with E-state index in [1.54, 1.807) is 0 Å². The summed E-state index contributed by atoms with van der Waals surface area (Å²) in [5, 5.41) is 8.19. The number of hydrogen-bond acceptors (Lipinski definition) is 2. The van der Waals surface area contributed by atoms with Gasteiger partial charge in [-0.15, -0.1) is 0 Å². The summed E-state index contributed by atoms with van der Waals surface area (Å²) in [5.41, 5.74) is -4.25. The molecule has 134 valence electrons. The first-order valence-corrected chi connectivity index (χ1v) is 7.06. The van der Waals surface area contributed by atoms with E-state index in [1.807, 2.05) is 0 Å². The van der Waals surface area contributed by atoms with Crippen LogP contribution in [-0.2, 0) is 16.4 Å². The number of rotatable bonds is 1. The number of nitrogens with zero attached hydrogens (tertiary/aromatic N) is 1. The van der Waals surface area contributed by atoms with Crippen molar-refractivity contribution in [3.63, 3.8) is 0 Å². The first-order chi connectivity index (χ1) is 11.4. The van der Waals surface area contributed by atoms with E-state index < -0.39 is 35.7 Å². The Balaban J connectivity index is 2.21. The lowest BCUT2D eigenvalue weighted by molar-refractivity contribution is -0.189. The first-order valence-electron chi connectivity index (χ1n) is 7.06. The Morgan fingerprint density at radius 1 is 1.16 bits per heavy atom. The zero-order valence-electron chi connectivity index (χ0n) is 12.6. The number of aromatic amines is 1. The Morgan fingerprint density at radius 2 is 1.84 bits per heavy atom. The lowest BCUT2D eigenvalue weighted by Crippen LogP contribution is -2.46. The molecular formula is C15H11F6N3O. The van der Waals surface area contributed by atoms with Crippen LogP contribution in [0.2, 0.25) is 0 Å². The normalized spacial score (nSPS) is 21.0. The van der Waals surface area contributed by atoms with Crippen LogP contribution in [0.4, 0.5) is 32.2 Å². The molecule has 0 radical (unpaired) electrons. The summed E-state index contributed by atoms with van der Waals surface area (Å²) >= 11 is 0. The van der Waals surface area contributed by atoms with Gasteiger partial charge in [-0.25, -0.2) is 0 Å². The van der Waals surface area contributed by atoms with Crippen LogP contribution in [0.15, 0.2) is 24.3 Å². The Labute approximate surface area is 137 Å². The number of carbonyl (C=O) groups is 1. The van der Waals surface area contributed by atoms with Crippen molar-refractivity contribution in [1.82, 2.24) is 10.2 Å². The number of anilines is 1. The summed E-state index contributed by atoms with van der Waals surface area (Å²) in [4.78, 5) is 11.6. The molecule has 0 spiro atoms. The van der Waals surface area contributed by atoms with Crippen LogP contribution in [0.25, 0.3) is 11.3 Å². The molecule has 1 aliphatic heterocycles. The summed E-state index contributed by atoms with van der Waals surface area (Å²) in [6, 6.07) is 3.89. The number of alkyl halides is 6. The molecule has 1 amide bonds. The van der Waals surface area contributed by atoms with Crippen molar-refractivity contribution in [3.05, 3.63) is 35.4 Å². The summed E-state index contributed by atoms with van der Waals surface area (Å²) in [5.74, 6) is -1.20. The van der Waals surface area contributed by atoms with Crippen LogP contribution >= 0.6 is 0 Å². The molecule has 0 saturated carbocycles. The summed E-state index contributed by atoms with van der Waals surface area (Å²) in [6.07, 6.45) is -10.3. The standard InChI is InChI=1S/C15H11F6N3O/c1-13(15(19,20)21)6-9(25)22-12-10(13)11(23-24-12)7-3-2-4-8(5-7)14(16,17)18/h2-5H,6H2,1H3,(H2,22,23,24,25). The van der Waals surface area contributed by atoms with Crippen LogP contribution in [-0.4, -0.2) is 22.3 Å². The minimum Gasteiger partial charge on any atom is -0.309 e. The zero-order chi connectivity index (χ0) is 18.6. The number of halogens is 6. The SMILES string of the molecule is CC1(C(F)(F)F)CC(=O)Nc2n[nH]c(-c3cccc(C(F)(F)F)c3)c21. The van der Waals surface area contributed by atoms with E-state index in [-0.39, 0.29) is 22.6 Å². The third-order valence-corrected chi connectivity index (χ3v) is 4.19. The van der Waals surface area contributed by atoms with Crippen LogP contribution in [0.5, 0.6) is 0 Å². The van der Waals surface area contributed by atoms with Crippen molar-refractivity contribution < 1.29 is 31.1 Å². The van der Waals surface area contributed by atoms with E-state index in [0.717, 1.165) is 25.1 Å². The fourth-order valence-electron chi connectivity index (χ4n) is 2.86. The maximum atomic E-state index is 13.6. The number of H-pyrrole nitrogens is 1. The molecule has 1 aromatic heterocycles. The maximum absolute atomic E-state index is 13.6. The van der Waals surface area contributed by atoms with Gasteiger partial charge in [0.05, 0.1) is 11.3 Å². The van der Waals surface area contributed by atoms with Crippen molar-refractivity contribution in [1.29, 1.82) is 0 Å². The Hall–Kier alpha value is -2.52. The molecule has 1 unspecified atom stereocenters. The van der Waals surface area contributed by atoms with Gasteiger partial charge >= 0.3 is 12.4 Å². The van der Waals surface area contributed by atoms with Gasteiger partial charge in [0.1, 0.15) is 5.41 Å². The second-order valence-corrected chi connectivity index (χ2v) is 5.96. The molecule has 1 atom stereocenters. The molecule has 10 heteroatoms. The molecule has 0 saturated heterocycles. The van der Waals surface area contributed by atoms with E-state index in [1.165, 1.54) is 6.07 Å². The largest absolute Gasteiger partial charge is 0.416 e. The van der Waals surface area contributed by atoms with E-state index in [0.29, 0.717) is 0 Å². The fourth-order valence-corrected chi connectivity index (χ4v) is 2.86. The predicted octanol–water partition coefficient (Wildman–Crippen LogP) is 4.26. The number of aromatic nitrogens is 2. The monoisotopic (exact) mass is 363 g/mol. The maximum Gasteiger partial charge on any atom is 0.416 e. The highest BCUT2D eigenvalue weighted by atomic mass is 19.4. The average molecular weight is 363 g/mol. The highest BCUT2D eigenvalue weighted by Crippen LogP contribution is 2.51. The van der Waals surface area contributed by atoms with Crippen LogP contribution in [0.1, 0.15) is 24.5 Å². The molecule has 0 fully saturated rings. The van der Waals surface area contributed by atoms with Crippen molar-refractivity contribution in [2.75, 3.05) is 5.32 Å². The second kappa shape index (κ2) is 5.24. The van der Waals surface area contributed by atoms with Gasteiger partial charge in [0.25, 0.3) is 0 Å². The fraction of sp³-hybridized carbons (Fsp3) is 0.333. The van der Waals surface area contributed by atoms with E-state index in [2.05, 4.69) is 15.5 Å². The number of fused-ring (bicyclic) bond motifs is 1. The molecule has 2 heterocycles. The topological polar surface area (TPSA) is 57.8 Å². The van der Waals surface area contributed by atoms with Gasteiger partial charge in [-0.1, -0.05) is 12.1 Å². The molecule has 1 aliphatic rings. The first kappa shape index (κ1) is 17.3. The number of amides is 1. The number of hydrogen-bond donors (Lipinski definition) is 2. The van der Waals surface area contributed by atoms with Crippen LogP contribution in [0.3, 0.4) is 0 Å². The van der Waals surface area contributed by atoms with E-state index in [4.69, 9.17) is 0 Å². The smallest absolute Gasteiger partial charge is 0.309 e. The van der Waals surface area contributed by atoms with Gasteiger partial charge in [-0.2, -0.15) is 31.4 Å². The molecule has 1 aromatic carbocycles. The Kier molecular flexibility index (Phi) is 3.63. The zero-order valence-corrected chi connectivity index (χ0v) is 12.6. The number of nitrogens with one attached hydrogen (secondary N) is 2. The highest BCUT2D eigenvalue weighted by molar-refractivity contribution is 5.96. The van der Waals surface area contributed by atoms with Gasteiger partial charge in [-0.05, 0) is 19.1 Å². The molecule has 3 rings (SSSR count). The third-order valence-electron chi connectivity index (χ3n) is 4.19. The molecule has 25 heavy (non-hydrogen) atoms. The quantitative estimate of drug-likeness (QED) is 0.744. The lowest BCUT2D eigenvalue weighted by atomic mass is 9.75. The lowest BCUT2D eigenvalue weighted by Gasteiger charge is -2.35. The molecular weight excluding hydrogens is 352 g/mol. The van der Waals surface area contributed by atoms with Crippen LogP contribution in [0, 0.1) is 0 Å². The predicted molar refractivity (Wildman–Crippen MR) is 75.7 cm³/mol. The van der Waals surface area contributed by atoms with Crippen molar-refractivity contribution in [3.8, 4) is 11.3 Å². The summed E-state index contributed by atoms with van der Waals surface area (Å²) < 4.78 is 79.5. The van der Waals surface area contributed by atoms with Crippen molar-refractivity contribution in [2.24, 2.45) is 0 Å². The average Bonchev–Trinajstić information content (AvgIpc) is 2.89. The Morgan fingerprint density at radius 3 is 2.44 bits per heavy atom. The minimum atomic E-state index is -4.79. The van der Waals surface area contributed by atoms with Crippen molar-refractivity contribution in [2.45, 2.75) is 31.1 Å². The van der Waals surface area contributed by atoms with Gasteiger partial charge in [-0.3, -0.25) is 9.89 Å². The van der Waals surface area contributed by atoms with Crippen molar-refractivity contribution >= 4 is 11.7 Å². The molecule has 0 bridgehead atoms. The molecule has 2 aromatic rings. The number of benzene rings is 1. The Bertz CT molecular complexity index is 839. The summed E-state index contributed by atoms with van der Waals surface area (Å²) in [7, 11) is 0.